The summed E-state index contributed by atoms with van der Waals surface area (Å²) >= 11 is 0. The van der Waals surface area contributed by atoms with E-state index in [1.165, 1.54) is 0 Å². The minimum atomic E-state index is -0.175. The largest absolute Gasteiger partial charge is 0.489 e. The van der Waals surface area contributed by atoms with Gasteiger partial charge in [-0.15, -0.1) is 0 Å². The summed E-state index contributed by atoms with van der Waals surface area (Å²) in [5.74, 6) is 1.07. The van der Waals surface area contributed by atoms with Gasteiger partial charge < -0.3 is 14.2 Å². The highest BCUT2D eigenvalue weighted by Gasteiger charge is 2.23. The first-order valence-electron chi connectivity index (χ1n) is 7.87. The number of carbonyl (C=O) groups excluding carboxylic acids is 1. The first-order valence-corrected chi connectivity index (χ1v) is 7.87. The Labute approximate surface area is 136 Å². The highest BCUT2D eigenvalue weighted by atomic mass is 16.5. The molecule has 0 saturated carbocycles. The second-order valence-corrected chi connectivity index (χ2v) is 5.55. The van der Waals surface area contributed by atoms with Gasteiger partial charge >= 0.3 is 5.97 Å². The van der Waals surface area contributed by atoms with Crippen molar-refractivity contribution in [2.24, 2.45) is 5.92 Å². The maximum atomic E-state index is 12.1. The first-order chi connectivity index (χ1) is 11.3. The molecule has 2 aromatic carbocycles. The Balaban J connectivity index is 1.51. The van der Waals surface area contributed by atoms with Crippen LogP contribution in [0.25, 0.3) is 0 Å². The van der Waals surface area contributed by atoms with Gasteiger partial charge in [-0.1, -0.05) is 30.3 Å². The maximum Gasteiger partial charge on any atom is 0.314 e. The van der Waals surface area contributed by atoms with Crippen LogP contribution in [-0.4, -0.2) is 19.2 Å². The molecule has 0 amide bonds. The molecule has 1 aliphatic heterocycles. The van der Waals surface area contributed by atoms with Crippen LogP contribution in [-0.2, 0) is 16.1 Å². The lowest BCUT2D eigenvalue weighted by molar-refractivity contribution is -0.142. The molecule has 4 heteroatoms. The van der Waals surface area contributed by atoms with Crippen molar-refractivity contribution in [3.63, 3.8) is 0 Å². The molecule has 1 aliphatic rings. The SMILES string of the molecule is O=C(Oc1ccc(OCc2ccccc2)cc1)C1CCOCC1. The van der Waals surface area contributed by atoms with E-state index in [9.17, 15) is 4.79 Å². The van der Waals surface area contributed by atoms with Crippen LogP contribution in [0, 0.1) is 5.92 Å². The molecule has 0 unspecified atom stereocenters. The monoisotopic (exact) mass is 312 g/mol. The minimum absolute atomic E-state index is 0.0576. The van der Waals surface area contributed by atoms with Crippen molar-refractivity contribution in [3.8, 4) is 11.5 Å². The predicted molar refractivity (Wildman–Crippen MR) is 86.4 cm³/mol. The number of benzene rings is 2. The first kappa shape index (κ1) is 15.6. The zero-order valence-electron chi connectivity index (χ0n) is 12.9. The zero-order valence-corrected chi connectivity index (χ0v) is 12.9. The Kier molecular flexibility index (Phi) is 5.27. The third kappa shape index (κ3) is 4.57. The second-order valence-electron chi connectivity index (χ2n) is 5.55. The number of rotatable bonds is 5. The van der Waals surface area contributed by atoms with Gasteiger partial charge in [-0.05, 0) is 42.7 Å². The fraction of sp³-hybridized carbons (Fsp3) is 0.316. The van der Waals surface area contributed by atoms with Crippen LogP contribution >= 0.6 is 0 Å². The normalized spacial score (nSPS) is 15.1. The third-order valence-corrected chi connectivity index (χ3v) is 3.85. The van der Waals surface area contributed by atoms with Gasteiger partial charge in [0, 0.05) is 13.2 Å². The van der Waals surface area contributed by atoms with E-state index >= 15 is 0 Å². The molecule has 0 atom stereocenters. The molecule has 0 N–H and O–H groups in total. The van der Waals surface area contributed by atoms with E-state index in [1.54, 1.807) is 12.1 Å². The van der Waals surface area contributed by atoms with E-state index in [2.05, 4.69) is 0 Å². The molecular formula is C19H20O4. The molecule has 1 saturated heterocycles. The molecular weight excluding hydrogens is 292 g/mol. The van der Waals surface area contributed by atoms with Crippen LogP contribution in [0.3, 0.4) is 0 Å². The minimum Gasteiger partial charge on any atom is -0.489 e. The van der Waals surface area contributed by atoms with Gasteiger partial charge in [0.15, 0.2) is 0 Å². The Morgan fingerprint density at radius 3 is 2.30 bits per heavy atom. The van der Waals surface area contributed by atoms with Gasteiger partial charge in [0.1, 0.15) is 18.1 Å². The lowest BCUT2D eigenvalue weighted by Gasteiger charge is -2.20. The van der Waals surface area contributed by atoms with Crippen molar-refractivity contribution < 1.29 is 19.0 Å². The summed E-state index contributed by atoms with van der Waals surface area (Å²) in [6, 6.07) is 17.1. The average Bonchev–Trinajstić information content (AvgIpc) is 2.63. The maximum absolute atomic E-state index is 12.1. The Hall–Kier alpha value is -2.33. The average molecular weight is 312 g/mol. The Bertz CT molecular complexity index is 616. The molecule has 120 valence electrons. The molecule has 1 heterocycles. The summed E-state index contributed by atoms with van der Waals surface area (Å²) in [6.45, 7) is 1.78. The van der Waals surface area contributed by atoms with E-state index in [0.29, 0.717) is 25.6 Å². The van der Waals surface area contributed by atoms with Crippen LogP contribution in [0.5, 0.6) is 11.5 Å². The summed E-state index contributed by atoms with van der Waals surface area (Å²) in [6.07, 6.45) is 1.47. The quantitative estimate of drug-likeness (QED) is 0.625. The van der Waals surface area contributed by atoms with E-state index in [1.807, 2.05) is 42.5 Å². The molecule has 0 aromatic heterocycles. The van der Waals surface area contributed by atoms with E-state index < -0.39 is 0 Å². The molecule has 2 aromatic rings. The molecule has 0 bridgehead atoms. The van der Waals surface area contributed by atoms with Crippen molar-refractivity contribution in [3.05, 3.63) is 60.2 Å². The van der Waals surface area contributed by atoms with Crippen molar-refractivity contribution in [2.45, 2.75) is 19.4 Å². The molecule has 23 heavy (non-hydrogen) atoms. The van der Waals surface area contributed by atoms with Gasteiger partial charge in [-0.25, -0.2) is 0 Å². The fourth-order valence-corrected chi connectivity index (χ4v) is 2.48. The lowest BCUT2D eigenvalue weighted by Crippen LogP contribution is -2.27. The highest BCUT2D eigenvalue weighted by molar-refractivity contribution is 5.75. The van der Waals surface area contributed by atoms with Crippen LogP contribution in [0.1, 0.15) is 18.4 Å². The number of carbonyl (C=O) groups is 1. The molecule has 0 aliphatic carbocycles. The summed E-state index contributed by atoms with van der Waals surface area (Å²) in [4.78, 5) is 12.1. The second kappa shape index (κ2) is 7.79. The zero-order chi connectivity index (χ0) is 15.9. The summed E-state index contributed by atoms with van der Waals surface area (Å²) in [5.41, 5.74) is 1.11. The Morgan fingerprint density at radius 2 is 1.61 bits per heavy atom. The predicted octanol–water partition coefficient (Wildman–Crippen LogP) is 3.60. The summed E-state index contributed by atoms with van der Waals surface area (Å²) < 4.78 is 16.4. The van der Waals surface area contributed by atoms with Crippen molar-refractivity contribution >= 4 is 5.97 Å². The van der Waals surface area contributed by atoms with Gasteiger partial charge in [0.2, 0.25) is 0 Å². The highest BCUT2D eigenvalue weighted by Crippen LogP contribution is 2.22. The molecule has 4 nitrogen and oxygen atoms in total. The molecule has 1 fully saturated rings. The van der Waals surface area contributed by atoms with E-state index in [-0.39, 0.29) is 11.9 Å². The van der Waals surface area contributed by atoms with Gasteiger partial charge in [0.05, 0.1) is 5.92 Å². The van der Waals surface area contributed by atoms with Gasteiger partial charge in [-0.2, -0.15) is 0 Å². The Morgan fingerprint density at radius 1 is 0.957 bits per heavy atom. The van der Waals surface area contributed by atoms with E-state index in [0.717, 1.165) is 24.2 Å². The van der Waals surface area contributed by atoms with Crippen LogP contribution in [0.4, 0.5) is 0 Å². The van der Waals surface area contributed by atoms with Crippen molar-refractivity contribution in [1.82, 2.24) is 0 Å². The van der Waals surface area contributed by atoms with E-state index in [4.69, 9.17) is 14.2 Å². The summed E-state index contributed by atoms with van der Waals surface area (Å²) in [5, 5.41) is 0. The topological polar surface area (TPSA) is 44.8 Å². The van der Waals surface area contributed by atoms with Crippen LogP contribution in [0.2, 0.25) is 0 Å². The molecule has 3 rings (SSSR count). The third-order valence-electron chi connectivity index (χ3n) is 3.85. The van der Waals surface area contributed by atoms with Gasteiger partial charge in [0.25, 0.3) is 0 Å². The number of hydrogen-bond acceptors (Lipinski definition) is 4. The standard InChI is InChI=1S/C19H20O4/c20-19(16-10-12-21-13-11-16)23-18-8-6-17(7-9-18)22-14-15-4-2-1-3-5-15/h1-9,16H,10-14H2. The van der Waals surface area contributed by atoms with Crippen LogP contribution in [0.15, 0.2) is 54.6 Å². The number of hydrogen-bond donors (Lipinski definition) is 0. The fourth-order valence-electron chi connectivity index (χ4n) is 2.48. The number of ether oxygens (including phenoxy) is 3. The lowest BCUT2D eigenvalue weighted by atomic mass is 10.0. The van der Waals surface area contributed by atoms with Crippen LogP contribution < -0.4 is 9.47 Å². The number of esters is 1. The van der Waals surface area contributed by atoms with Crippen molar-refractivity contribution in [2.75, 3.05) is 13.2 Å². The van der Waals surface area contributed by atoms with Gasteiger partial charge in [-0.3, -0.25) is 4.79 Å². The molecule has 0 spiro atoms. The molecule has 0 radical (unpaired) electrons. The summed E-state index contributed by atoms with van der Waals surface area (Å²) in [7, 11) is 0. The smallest absolute Gasteiger partial charge is 0.314 e. The van der Waals surface area contributed by atoms with Crippen molar-refractivity contribution in [1.29, 1.82) is 0 Å².